The number of nitrogens with zero attached hydrogens (tertiary/aromatic N) is 8. The maximum absolute atomic E-state index is 12.6. The van der Waals surface area contributed by atoms with E-state index < -0.39 is 67.9 Å². The summed E-state index contributed by atoms with van der Waals surface area (Å²) in [7, 11) is -15.0. The van der Waals surface area contributed by atoms with Gasteiger partial charge in [0.25, 0.3) is 30.4 Å². The molecule has 0 saturated heterocycles. The van der Waals surface area contributed by atoms with Gasteiger partial charge in [0, 0.05) is 27.8 Å². The summed E-state index contributed by atoms with van der Waals surface area (Å²) in [6.45, 7) is 3.52. The van der Waals surface area contributed by atoms with Gasteiger partial charge in [0.05, 0.1) is 39.8 Å². The minimum absolute atomic E-state index is 0.0196. The van der Waals surface area contributed by atoms with Crippen LogP contribution in [0.2, 0.25) is 0 Å². The maximum Gasteiger partial charge on any atom is 0.296 e. The van der Waals surface area contributed by atoms with Crippen molar-refractivity contribution in [1.29, 1.82) is 0 Å². The number of azo groups is 4. The van der Waals surface area contributed by atoms with E-state index in [4.69, 9.17) is 22.9 Å². The summed E-state index contributed by atoms with van der Waals surface area (Å²) in [5.74, 6) is -1.41. The number of nitrogen functional groups attached to an aromatic ring is 4. The Kier molecular flexibility index (Phi) is 13.3. The Labute approximate surface area is 414 Å². The van der Waals surface area contributed by atoms with Crippen LogP contribution >= 0.6 is 0 Å². The number of nitrogens with two attached hydrogens (primary N) is 4. The van der Waals surface area contributed by atoms with Crippen LogP contribution in [0.15, 0.2) is 171 Å². The molecule has 0 heterocycles. The van der Waals surface area contributed by atoms with Gasteiger partial charge in [-0.3, -0.25) is 13.7 Å². The Hall–Kier alpha value is -8.99. The van der Waals surface area contributed by atoms with Gasteiger partial charge < -0.3 is 38.5 Å². The van der Waals surface area contributed by atoms with Crippen LogP contribution in [0.4, 0.5) is 79.6 Å². The monoisotopic (exact) mass is 1050 g/mol. The van der Waals surface area contributed by atoms with Gasteiger partial charge in [-0.1, -0.05) is 12.1 Å². The summed E-state index contributed by atoms with van der Waals surface area (Å²) in [6.07, 6.45) is 0. The van der Waals surface area contributed by atoms with Crippen LogP contribution in [0.3, 0.4) is 0 Å². The van der Waals surface area contributed by atoms with Crippen LogP contribution < -0.4 is 28.3 Å². The zero-order valence-corrected chi connectivity index (χ0v) is 40.2. The SMILES string of the molecule is Cc1cc(N=Nc2ccc3cc(S(=O)(=O)O)c(N=Nc4ccc(Nc5ccc(N=Nc6c(S(=O)(=O)O)cc7ccc(N=Nc8cc(C)c(N)cc8N)cc7c6O)cc5S(=O)(=O)O)cc4)c(O)c3c2)c(N)cc1N. The van der Waals surface area contributed by atoms with Crippen molar-refractivity contribution >= 4 is 132 Å². The fourth-order valence-electron chi connectivity index (χ4n) is 7.09. The van der Waals surface area contributed by atoms with E-state index in [-0.39, 0.29) is 67.0 Å². The number of hydrogen-bond acceptors (Lipinski definition) is 21. The zero-order valence-electron chi connectivity index (χ0n) is 37.8. The summed E-state index contributed by atoms with van der Waals surface area (Å²) < 4.78 is 106. The Balaban J connectivity index is 1.05. The smallest absolute Gasteiger partial charge is 0.296 e. The summed E-state index contributed by atoms with van der Waals surface area (Å²) in [6, 6.07) is 25.9. The molecule has 8 aromatic rings. The lowest BCUT2D eigenvalue weighted by Gasteiger charge is -2.12. The lowest BCUT2D eigenvalue weighted by Crippen LogP contribution is -2.03. The Morgan fingerprint density at radius 1 is 0.411 bits per heavy atom. The van der Waals surface area contributed by atoms with Crippen LogP contribution in [0.25, 0.3) is 21.5 Å². The molecule has 0 atom stereocenters. The van der Waals surface area contributed by atoms with Crippen molar-refractivity contribution in [3.8, 4) is 11.5 Å². The Morgan fingerprint density at radius 2 is 0.795 bits per heavy atom. The van der Waals surface area contributed by atoms with Crippen LogP contribution in [0, 0.1) is 13.8 Å². The van der Waals surface area contributed by atoms with Crippen molar-refractivity contribution in [2.24, 2.45) is 40.9 Å². The second-order valence-electron chi connectivity index (χ2n) is 16.1. The second kappa shape index (κ2) is 19.3. The minimum atomic E-state index is -5.04. The quantitative estimate of drug-likeness (QED) is 0.0291. The van der Waals surface area contributed by atoms with Crippen LogP contribution in [0.1, 0.15) is 11.1 Å². The van der Waals surface area contributed by atoms with Gasteiger partial charge in [0.2, 0.25) is 0 Å². The fraction of sp³-hybridized carbons (Fsp3) is 0.0435. The highest BCUT2D eigenvalue weighted by atomic mass is 32.2. The van der Waals surface area contributed by atoms with Gasteiger partial charge >= 0.3 is 0 Å². The predicted molar refractivity (Wildman–Crippen MR) is 274 cm³/mol. The standard InChI is InChI=1S/C46H39N13O11S3/c1-22-13-38(35(49)20-33(22)47)56-53-28-5-3-24-15-41(72(65,66)67)43(45(60)31(24)17-28)58-52-27-9-7-26(8-10-27)51-37-12-11-30(19-40(37)71(62,63)64)55-59-44-42(73(68,69)70)16-25-4-6-29(18-32(25)46(44)61)54-57-39-14-23(2)34(48)21-36(39)50/h3-21,51,60-61H,47-50H2,1-2H3,(H,62,63,64)(H,65,66,67)(H,68,69,70). The third-order valence-corrected chi connectivity index (χ3v) is 13.6. The maximum atomic E-state index is 12.6. The van der Waals surface area contributed by atoms with E-state index in [1.807, 2.05) is 0 Å². The van der Waals surface area contributed by atoms with Crippen LogP contribution in [-0.2, 0) is 30.4 Å². The molecule has 0 aliphatic heterocycles. The van der Waals surface area contributed by atoms with E-state index in [0.717, 1.165) is 23.8 Å². The topological polar surface area (TPSA) is 419 Å². The molecule has 0 amide bonds. The first kappa shape index (κ1) is 50.4. The van der Waals surface area contributed by atoms with E-state index in [0.29, 0.717) is 28.3 Å². The molecule has 0 bridgehead atoms. The third kappa shape index (κ3) is 11.0. The molecular weight excluding hydrogens is 1010 g/mol. The van der Waals surface area contributed by atoms with E-state index in [2.05, 4.69) is 46.2 Å². The summed E-state index contributed by atoms with van der Waals surface area (Å²) in [4.78, 5) is -2.30. The molecule has 24 nitrogen and oxygen atoms in total. The first-order valence-corrected chi connectivity index (χ1v) is 25.2. The Bertz CT molecular complexity index is 4080. The molecule has 14 N–H and O–H groups in total. The number of aryl methyl sites for hydroxylation is 2. The van der Waals surface area contributed by atoms with Crippen LogP contribution in [0.5, 0.6) is 11.5 Å². The molecular formula is C46H39N13O11S3. The number of fused-ring (bicyclic) bond motifs is 2. The molecule has 0 aliphatic rings. The van der Waals surface area contributed by atoms with Gasteiger partial charge in [0.1, 0.15) is 37.4 Å². The first-order valence-electron chi connectivity index (χ1n) is 20.9. The first-order chi connectivity index (χ1) is 34.3. The van der Waals surface area contributed by atoms with Crippen LogP contribution in [-0.4, -0.2) is 49.1 Å². The second-order valence-corrected chi connectivity index (χ2v) is 20.2. The van der Waals surface area contributed by atoms with E-state index in [1.165, 1.54) is 84.9 Å². The van der Waals surface area contributed by atoms with Gasteiger partial charge in [-0.15, -0.1) is 20.5 Å². The number of anilines is 6. The van der Waals surface area contributed by atoms with Crippen molar-refractivity contribution in [2.75, 3.05) is 28.3 Å². The van der Waals surface area contributed by atoms with Gasteiger partial charge in [-0.25, -0.2) is 0 Å². The van der Waals surface area contributed by atoms with E-state index in [9.17, 15) is 49.1 Å². The van der Waals surface area contributed by atoms with Gasteiger partial charge in [-0.2, -0.15) is 45.7 Å². The number of rotatable bonds is 13. The highest BCUT2D eigenvalue weighted by Crippen LogP contribution is 2.45. The molecule has 8 aromatic carbocycles. The molecule has 0 saturated carbocycles. The highest BCUT2D eigenvalue weighted by molar-refractivity contribution is 7.86. The van der Waals surface area contributed by atoms with Crippen molar-refractivity contribution in [3.05, 3.63) is 126 Å². The van der Waals surface area contributed by atoms with Crippen molar-refractivity contribution in [3.63, 3.8) is 0 Å². The highest BCUT2D eigenvalue weighted by Gasteiger charge is 2.25. The minimum Gasteiger partial charge on any atom is -0.505 e. The van der Waals surface area contributed by atoms with Crippen molar-refractivity contribution in [1.82, 2.24) is 0 Å². The third-order valence-electron chi connectivity index (χ3n) is 10.9. The van der Waals surface area contributed by atoms with Gasteiger partial charge in [0.15, 0.2) is 11.5 Å². The van der Waals surface area contributed by atoms with Crippen molar-refractivity contribution in [2.45, 2.75) is 28.5 Å². The largest absolute Gasteiger partial charge is 0.505 e. The molecule has 73 heavy (non-hydrogen) atoms. The molecule has 372 valence electrons. The number of phenols is 2. The lowest BCUT2D eigenvalue weighted by molar-refractivity contribution is 0.471. The average molecular weight is 1050 g/mol. The fourth-order valence-corrected chi connectivity index (χ4v) is 9.07. The number of nitrogens with one attached hydrogen (secondary N) is 1. The Morgan fingerprint density at radius 3 is 1.23 bits per heavy atom. The molecule has 0 unspecified atom stereocenters. The summed E-state index contributed by atoms with van der Waals surface area (Å²) in [5.41, 5.74) is 26.4. The normalized spacial score (nSPS) is 12.6. The lowest BCUT2D eigenvalue weighted by atomic mass is 10.1. The summed E-state index contributed by atoms with van der Waals surface area (Å²) >= 11 is 0. The van der Waals surface area contributed by atoms with Crippen molar-refractivity contribution < 1.29 is 49.1 Å². The molecule has 0 aliphatic carbocycles. The van der Waals surface area contributed by atoms with Gasteiger partial charge in [-0.05, 0) is 139 Å². The molecule has 0 fully saturated rings. The molecule has 27 heteroatoms. The predicted octanol–water partition coefficient (Wildman–Crippen LogP) is 11.5. The number of phenolic OH excluding ortho intramolecular Hbond substituents is 2. The number of hydrogen-bond donors (Lipinski definition) is 10. The molecule has 0 aromatic heterocycles. The summed E-state index contributed by atoms with van der Waals surface area (Å²) in [5, 5.41) is 58.3. The number of benzene rings is 8. The average Bonchev–Trinajstić information content (AvgIpc) is 3.32. The molecule has 0 spiro atoms. The molecule has 0 radical (unpaired) electrons. The van der Waals surface area contributed by atoms with E-state index >= 15 is 0 Å². The molecule has 8 rings (SSSR count). The zero-order chi connectivity index (χ0) is 52.7. The van der Waals surface area contributed by atoms with E-state index in [1.54, 1.807) is 26.0 Å². The number of aromatic hydroxyl groups is 2.